The highest BCUT2D eigenvalue weighted by atomic mass is 32.1. The summed E-state index contributed by atoms with van der Waals surface area (Å²) in [4.78, 5) is 22.5. The summed E-state index contributed by atoms with van der Waals surface area (Å²) in [6.45, 7) is 0. The van der Waals surface area contributed by atoms with Crippen LogP contribution < -0.4 is 5.32 Å². The average molecular weight is 297 g/mol. The van der Waals surface area contributed by atoms with Crippen LogP contribution in [0.2, 0.25) is 0 Å². The van der Waals surface area contributed by atoms with Crippen LogP contribution in [0.15, 0.2) is 30.3 Å². The number of rotatable bonds is 4. The molecule has 0 saturated heterocycles. The lowest BCUT2D eigenvalue weighted by Crippen LogP contribution is -2.14. The predicted molar refractivity (Wildman–Crippen MR) is 70.0 cm³/mol. The van der Waals surface area contributed by atoms with Crippen LogP contribution in [0, 0.1) is 11.6 Å². The number of hydrogen-bond acceptors (Lipinski definition) is 3. The highest BCUT2D eigenvalue weighted by molar-refractivity contribution is 7.18. The van der Waals surface area contributed by atoms with E-state index in [4.69, 9.17) is 5.11 Å². The van der Waals surface area contributed by atoms with Gasteiger partial charge in [0.05, 0.1) is 11.4 Å². The monoisotopic (exact) mass is 297 g/mol. The van der Waals surface area contributed by atoms with Crippen molar-refractivity contribution < 1.29 is 23.5 Å². The number of halogens is 2. The molecule has 1 aromatic heterocycles. The largest absolute Gasteiger partial charge is 0.477 e. The maximum absolute atomic E-state index is 13.4. The number of carboxylic acid groups (broad SMARTS) is 1. The number of carbonyl (C=O) groups is 2. The highest BCUT2D eigenvalue weighted by Gasteiger charge is 2.12. The van der Waals surface area contributed by atoms with Gasteiger partial charge in [-0.15, -0.1) is 11.3 Å². The van der Waals surface area contributed by atoms with Crippen LogP contribution in [-0.4, -0.2) is 17.0 Å². The summed E-state index contributed by atoms with van der Waals surface area (Å²) in [5.41, 5.74) is 0.0684. The molecule has 0 spiro atoms. The highest BCUT2D eigenvalue weighted by Crippen LogP contribution is 2.22. The van der Waals surface area contributed by atoms with Gasteiger partial charge < -0.3 is 10.4 Å². The second-order valence-electron chi connectivity index (χ2n) is 3.93. The van der Waals surface area contributed by atoms with Crippen molar-refractivity contribution in [2.24, 2.45) is 0 Å². The second kappa shape index (κ2) is 5.79. The Bertz CT molecular complexity index is 669. The maximum Gasteiger partial charge on any atom is 0.345 e. The topological polar surface area (TPSA) is 66.4 Å². The van der Waals surface area contributed by atoms with Gasteiger partial charge in [0.2, 0.25) is 5.91 Å². The molecular weight excluding hydrogens is 288 g/mol. The van der Waals surface area contributed by atoms with E-state index >= 15 is 0 Å². The van der Waals surface area contributed by atoms with E-state index in [9.17, 15) is 18.4 Å². The molecule has 4 nitrogen and oxygen atoms in total. The first kappa shape index (κ1) is 14.1. The molecule has 0 fully saturated rings. The quantitative estimate of drug-likeness (QED) is 0.912. The minimum absolute atomic E-state index is 0.0684. The fourth-order valence-corrected chi connectivity index (χ4v) is 2.30. The fraction of sp³-hybridized carbons (Fsp3) is 0.0769. The van der Waals surface area contributed by atoms with Gasteiger partial charge >= 0.3 is 5.97 Å². The molecule has 1 aromatic carbocycles. The van der Waals surface area contributed by atoms with Crippen molar-refractivity contribution in [1.82, 2.24) is 0 Å². The van der Waals surface area contributed by atoms with Crippen molar-refractivity contribution in [2.75, 3.05) is 5.32 Å². The zero-order chi connectivity index (χ0) is 14.7. The predicted octanol–water partition coefficient (Wildman–Crippen LogP) is 2.91. The van der Waals surface area contributed by atoms with Crippen LogP contribution in [0.3, 0.4) is 0 Å². The van der Waals surface area contributed by atoms with Crippen molar-refractivity contribution in [1.29, 1.82) is 0 Å². The van der Waals surface area contributed by atoms with Gasteiger partial charge in [0.1, 0.15) is 16.5 Å². The third kappa shape index (κ3) is 3.39. The molecule has 0 bridgehead atoms. The average Bonchev–Trinajstić information content (AvgIpc) is 2.81. The van der Waals surface area contributed by atoms with Crippen molar-refractivity contribution in [3.8, 4) is 0 Å². The van der Waals surface area contributed by atoms with Crippen LogP contribution in [0.4, 0.5) is 13.8 Å². The molecule has 1 amide bonds. The van der Waals surface area contributed by atoms with Crippen molar-refractivity contribution in [3.63, 3.8) is 0 Å². The van der Waals surface area contributed by atoms with Gasteiger partial charge in [0, 0.05) is 6.07 Å². The number of thiophene rings is 1. The Morgan fingerprint density at radius 3 is 2.55 bits per heavy atom. The van der Waals surface area contributed by atoms with Crippen LogP contribution in [-0.2, 0) is 11.2 Å². The minimum Gasteiger partial charge on any atom is -0.477 e. The fourth-order valence-electron chi connectivity index (χ4n) is 1.54. The van der Waals surface area contributed by atoms with Crippen LogP contribution in [0.5, 0.6) is 0 Å². The lowest BCUT2D eigenvalue weighted by atomic mass is 10.1. The Kier molecular flexibility index (Phi) is 4.09. The Labute approximate surface area is 116 Å². The molecule has 0 radical (unpaired) electrons. The van der Waals surface area contributed by atoms with Gasteiger partial charge in [-0.05, 0) is 23.8 Å². The Hall–Kier alpha value is -2.28. The van der Waals surface area contributed by atoms with E-state index < -0.39 is 23.5 Å². The third-order valence-electron chi connectivity index (χ3n) is 2.45. The number of amides is 1. The van der Waals surface area contributed by atoms with Gasteiger partial charge in [-0.1, -0.05) is 6.07 Å². The summed E-state index contributed by atoms with van der Waals surface area (Å²) in [5.74, 6) is -3.09. The second-order valence-corrected chi connectivity index (χ2v) is 5.01. The van der Waals surface area contributed by atoms with E-state index in [1.54, 1.807) is 0 Å². The first-order valence-electron chi connectivity index (χ1n) is 5.52. The molecule has 0 saturated carbocycles. The smallest absolute Gasteiger partial charge is 0.345 e. The molecule has 2 aromatic rings. The number of carbonyl (C=O) groups excluding carboxylic acids is 1. The number of carboxylic acids is 1. The normalized spacial score (nSPS) is 10.3. The van der Waals surface area contributed by atoms with Crippen molar-refractivity contribution >= 4 is 28.2 Å². The SMILES string of the molecule is O=C(Cc1ccc(F)cc1F)Nc1ccc(C(=O)O)s1. The lowest BCUT2D eigenvalue weighted by Gasteiger charge is -2.04. The molecule has 104 valence electrons. The summed E-state index contributed by atoms with van der Waals surface area (Å²) in [6.07, 6.45) is -0.258. The van der Waals surface area contributed by atoms with E-state index in [1.165, 1.54) is 18.2 Å². The number of nitrogens with one attached hydrogen (secondary N) is 1. The van der Waals surface area contributed by atoms with Crippen LogP contribution in [0.25, 0.3) is 0 Å². The number of hydrogen-bond donors (Lipinski definition) is 2. The van der Waals surface area contributed by atoms with E-state index in [0.29, 0.717) is 11.1 Å². The Morgan fingerprint density at radius 2 is 1.95 bits per heavy atom. The first-order chi connectivity index (χ1) is 9.45. The van der Waals surface area contributed by atoms with E-state index in [0.717, 1.165) is 17.4 Å². The lowest BCUT2D eigenvalue weighted by molar-refractivity contribution is -0.115. The maximum atomic E-state index is 13.4. The van der Waals surface area contributed by atoms with Gasteiger partial charge in [0.25, 0.3) is 0 Å². The Balaban J connectivity index is 2.03. The molecular formula is C13H9F2NO3S. The number of benzene rings is 1. The summed E-state index contributed by atoms with van der Waals surface area (Å²) >= 11 is 0.901. The molecule has 20 heavy (non-hydrogen) atoms. The molecule has 0 aliphatic carbocycles. The summed E-state index contributed by atoms with van der Waals surface area (Å²) in [6, 6.07) is 5.78. The summed E-state index contributed by atoms with van der Waals surface area (Å²) in [5, 5.41) is 11.6. The molecule has 0 aliphatic heterocycles. The third-order valence-corrected chi connectivity index (χ3v) is 3.43. The Morgan fingerprint density at radius 1 is 1.20 bits per heavy atom. The van der Waals surface area contributed by atoms with Crippen LogP contribution in [0.1, 0.15) is 15.2 Å². The van der Waals surface area contributed by atoms with Gasteiger partial charge in [-0.3, -0.25) is 4.79 Å². The van der Waals surface area contributed by atoms with E-state index in [-0.39, 0.29) is 16.9 Å². The standard InChI is InChI=1S/C13H9F2NO3S/c14-8-2-1-7(9(15)6-8)5-11(17)16-12-4-3-10(20-12)13(18)19/h1-4,6H,5H2,(H,16,17)(H,18,19). The minimum atomic E-state index is -1.08. The van der Waals surface area contributed by atoms with Crippen LogP contribution >= 0.6 is 11.3 Å². The summed E-state index contributed by atoms with van der Waals surface area (Å²) in [7, 11) is 0. The van der Waals surface area contributed by atoms with Gasteiger partial charge in [-0.25, -0.2) is 13.6 Å². The number of anilines is 1. The molecule has 2 N–H and O–H groups in total. The molecule has 0 unspecified atom stereocenters. The first-order valence-corrected chi connectivity index (χ1v) is 6.34. The van der Waals surface area contributed by atoms with Crippen molar-refractivity contribution in [2.45, 2.75) is 6.42 Å². The molecule has 0 atom stereocenters. The van der Waals surface area contributed by atoms with Gasteiger partial charge in [0.15, 0.2) is 0 Å². The van der Waals surface area contributed by atoms with E-state index in [2.05, 4.69) is 5.32 Å². The number of aromatic carboxylic acids is 1. The zero-order valence-electron chi connectivity index (χ0n) is 10.0. The molecule has 1 heterocycles. The zero-order valence-corrected chi connectivity index (χ0v) is 10.8. The summed E-state index contributed by atoms with van der Waals surface area (Å²) < 4.78 is 26.1. The van der Waals surface area contributed by atoms with Crippen molar-refractivity contribution in [3.05, 3.63) is 52.4 Å². The van der Waals surface area contributed by atoms with Gasteiger partial charge in [-0.2, -0.15) is 0 Å². The molecule has 7 heteroatoms. The molecule has 2 rings (SSSR count). The van der Waals surface area contributed by atoms with E-state index in [1.807, 2.05) is 0 Å². The molecule has 0 aliphatic rings.